The average molecular weight is 225 g/mol. The van der Waals surface area contributed by atoms with Crippen LogP contribution >= 0.6 is 11.8 Å². The number of ketones is 1. The van der Waals surface area contributed by atoms with Gasteiger partial charge >= 0.3 is 0 Å². The first kappa shape index (κ1) is 11.6. The SMILES string of the molecule is CC(=O)C=CCSc1nnc(C)c(=O)[nH]1. The van der Waals surface area contributed by atoms with Crippen molar-refractivity contribution in [1.82, 2.24) is 15.2 Å². The van der Waals surface area contributed by atoms with E-state index in [0.29, 0.717) is 16.6 Å². The zero-order chi connectivity index (χ0) is 11.3. The van der Waals surface area contributed by atoms with Gasteiger partial charge in [-0.1, -0.05) is 17.8 Å². The highest BCUT2D eigenvalue weighted by Crippen LogP contribution is 2.09. The number of carbonyl (C=O) groups is 1. The summed E-state index contributed by atoms with van der Waals surface area (Å²) in [5, 5.41) is 7.94. The Kier molecular flexibility index (Phi) is 4.23. The molecule has 0 aliphatic rings. The van der Waals surface area contributed by atoms with Crippen LogP contribution in [-0.4, -0.2) is 26.7 Å². The van der Waals surface area contributed by atoms with Crippen molar-refractivity contribution in [2.24, 2.45) is 0 Å². The van der Waals surface area contributed by atoms with Crippen LogP contribution in [0.2, 0.25) is 0 Å². The number of H-pyrrole nitrogens is 1. The average Bonchev–Trinajstić information content (AvgIpc) is 2.18. The summed E-state index contributed by atoms with van der Waals surface area (Å²) in [6, 6.07) is 0. The van der Waals surface area contributed by atoms with Crippen LogP contribution in [0.15, 0.2) is 22.1 Å². The Balaban J connectivity index is 2.55. The molecular weight excluding hydrogens is 214 g/mol. The molecule has 0 aliphatic carbocycles. The highest BCUT2D eigenvalue weighted by Gasteiger charge is 1.99. The quantitative estimate of drug-likeness (QED) is 0.603. The van der Waals surface area contributed by atoms with Gasteiger partial charge in [-0.15, -0.1) is 10.2 Å². The number of hydrogen-bond donors (Lipinski definition) is 1. The normalized spacial score (nSPS) is 10.8. The van der Waals surface area contributed by atoms with Gasteiger partial charge < -0.3 is 0 Å². The van der Waals surface area contributed by atoms with Crippen LogP contribution in [0.3, 0.4) is 0 Å². The second kappa shape index (κ2) is 5.45. The molecular formula is C9H11N3O2S. The van der Waals surface area contributed by atoms with E-state index in [1.54, 1.807) is 13.0 Å². The largest absolute Gasteiger partial charge is 0.298 e. The maximum atomic E-state index is 11.1. The number of nitrogens with one attached hydrogen (secondary N) is 1. The number of nitrogens with zero attached hydrogens (tertiary/aromatic N) is 2. The molecule has 80 valence electrons. The van der Waals surface area contributed by atoms with Crippen molar-refractivity contribution in [2.45, 2.75) is 19.0 Å². The number of hydrogen-bond acceptors (Lipinski definition) is 5. The van der Waals surface area contributed by atoms with E-state index in [1.165, 1.54) is 24.8 Å². The predicted octanol–water partition coefficient (Wildman–Crippen LogP) is 0.711. The fourth-order valence-electron chi connectivity index (χ4n) is 0.784. The molecule has 6 heteroatoms. The van der Waals surface area contributed by atoms with Gasteiger partial charge in [0.2, 0.25) is 0 Å². The van der Waals surface area contributed by atoms with E-state index in [4.69, 9.17) is 0 Å². The number of carbonyl (C=O) groups excluding carboxylic acids is 1. The number of rotatable bonds is 4. The van der Waals surface area contributed by atoms with E-state index in [1.807, 2.05) is 0 Å². The van der Waals surface area contributed by atoms with Crippen LogP contribution in [0.25, 0.3) is 0 Å². The molecule has 0 unspecified atom stereocenters. The van der Waals surface area contributed by atoms with Gasteiger partial charge in [-0.3, -0.25) is 14.6 Å². The summed E-state index contributed by atoms with van der Waals surface area (Å²) >= 11 is 1.32. The molecule has 0 saturated heterocycles. The number of aryl methyl sites for hydroxylation is 1. The van der Waals surface area contributed by atoms with Gasteiger partial charge in [-0.25, -0.2) is 0 Å². The molecule has 1 N–H and O–H groups in total. The molecule has 0 amide bonds. The minimum absolute atomic E-state index is 0.000848. The molecule has 0 aromatic carbocycles. The second-order valence-electron chi connectivity index (χ2n) is 2.87. The molecule has 1 aromatic rings. The Morgan fingerprint density at radius 3 is 2.87 bits per heavy atom. The standard InChI is InChI=1S/C9H11N3O2S/c1-6(13)4-3-5-15-9-10-8(14)7(2)11-12-9/h3-4H,5H2,1-2H3,(H,10,12,14). The smallest absolute Gasteiger partial charge is 0.273 e. The zero-order valence-corrected chi connectivity index (χ0v) is 9.30. The third kappa shape index (κ3) is 4.07. The third-order valence-corrected chi connectivity index (χ3v) is 2.32. The molecule has 0 atom stereocenters. The Morgan fingerprint density at radius 1 is 1.53 bits per heavy atom. The molecule has 1 aromatic heterocycles. The summed E-state index contributed by atoms with van der Waals surface area (Å²) in [6.07, 6.45) is 3.19. The Hall–Kier alpha value is -1.43. The van der Waals surface area contributed by atoms with Crippen LogP contribution in [0, 0.1) is 6.92 Å². The van der Waals surface area contributed by atoms with Crippen LogP contribution in [0.1, 0.15) is 12.6 Å². The van der Waals surface area contributed by atoms with E-state index in [2.05, 4.69) is 15.2 Å². The Bertz CT molecular complexity index is 439. The van der Waals surface area contributed by atoms with Gasteiger partial charge in [-0.05, 0) is 19.9 Å². The van der Waals surface area contributed by atoms with Crippen LogP contribution < -0.4 is 5.56 Å². The topological polar surface area (TPSA) is 75.7 Å². The van der Waals surface area contributed by atoms with Crippen molar-refractivity contribution in [3.05, 3.63) is 28.2 Å². The fourth-order valence-corrected chi connectivity index (χ4v) is 1.40. The van der Waals surface area contributed by atoms with Gasteiger partial charge in [0, 0.05) is 5.75 Å². The Labute approximate surface area is 91.0 Å². The molecule has 1 rings (SSSR count). The van der Waals surface area contributed by atoms with Crippen molar-refractivity contribution in [3.63, 3.8) is 0 Å². The van der Waals surface area contributed by atoms with E-state index in [-0.39, 0.29) is 11.3 Å². The predicted molar refractivity (Wildman–Crippen MR) is 57.9 cm³/mol. The maximum absolute atomic E-state index is 11.1. The van der Waals surface area contributed by atoms with Gasteiger partial charge in [0.05, 0.1) is 0 Å². The molecule has 0 radical (unpaired) electrons. The van der Waals surface area contributed by atoms with Crippen molar-refractivity contribution >= 4 is 17.5 Å². The van der Waals surface area contributed by atoms with E-state index < -0.39 is 0 Å². The minimum atomic E-state index is -0.233. The van der Waals surface area contributed by atoms with Crippen molar-refractivity contribution in [3.8, 4) is 0 Å². The highest BCUT2D eigenvalue weighted by molar-refractivity contribution is 7.99. The van der Waals surface area contributed by atoms with Crippen LogP contribution in [0.5, 0.6) is 0 Å². The summed E-state index contributed by atoms with van der Waals surface area (Å²) in [5.74, 6) is 0.576. The van der Waals surface area contributed by atoms with E-state index in [9.17, 15) is 9.59 Å². The first-order chi connectivity index (χ1) is 7.09. The summed E-state index contributed by atoms with van der Waals surface area (Å²) in [5.41, 5.74) is 0.113. The molecule has 0 spiro atoms. The molecule has 5 nitrogen and oxygen atoms in total. The first-order valence-electron chi connectivity index (χ1n) is 4.33. The first-order valence-corrected chi connectivity index (χ1v) is 5.31. The second-order valence-corrected chi connectivity index (χ2v) is 3.88. The maximum Gasteiger partial charge on any atom is 0.273 e. The molecule has 1 heterocycles. The molecule has 0 bridgehead atoms. The molecule has 0 fully saturated rings. The number of aromatic amines is 1. The summed E-state index contributed by atoms with van der Waals surface area (Å²) in [4.78, 5) is 24.3. The lowest BCUT2D eigenvalue weighted by atomic mass is 10.4. The van der Waals surface area contributed by atoms with Crippen LogP contribution in [-0.2, 0) is 4.79 Å². The number of aromatic nitrogens is 3. The lowest BCUT2D eigenvalue weighted by Crippen LogP contribution is -2.14. The van der Waals surface area contributed by atoms with Gasteiger partial charge in [0.25, 0.3) is 5.56 Å². The number of allylic oxidation sites excluding steroid dienone is 1. The van der Waals surface area contributed by atoms with Crippen molar-refractivity contribution < 1.29 is 4.79 Å². The monoisotopic (exact) mass is 225 g/mol. The van der Waals surface area contributed by atoms with E-state index in [0.717, 1.165) is 0 Å². The van der Waals surface area contributed by atoms with Crippen LogP contribution in [0.4, 0.5) is 0 Å². The van der Waals surface area contributed by atoms with Gasteiger partial charge in [-0.2, -0.15) is 0 Å². The van der Waals surface area contributed by atoms with Gasteiger partial charge in [0.15, 0.2) is 10.9 Å². The lowest BCUT2D eigenvalue weighted by molar-refractivity contribution is -0.112. The number of thioether (sulfide) groups is 1. The Morgan fingerprint density at radius 2 is 2.27 bits per heavy atom. The summed E-state index contributed by atoms with van der Waals surface area (Å²) < 4.78 is 0. The summed E-state index contributed by atoms with van der Waals surface area (Å²) in [7, 11) is 0. The van der Waals surface area contributed by atoms with Crippen molar-refractivity contribution in [1.29, 1.82) is 0 Å². The third-order valence-electron chi connectivity index (χ3n) is 1.51. The van der Waals surface area contributed by atoms with Gasteiger partial charge in [0.1, 0.15) is 5.69 Å². The molecule has 15 heavy (non-hydrogen) atoms. The molecule has 0 aliphatic heterocycles. The van der Waals surface area contributed by atoms with E-state index >= 15 is 0 Å². The molecule has 0 saturated carbocycles. The zero-order valence-electron chi connectivity index (χ0n) is 8.48. The lowest BCUT2D eigenvalue weighted by Gasteiger charge is -1.95. The highest BCUT2D eigenvalue weighted by atomic mass is 32.2. The fraction of sp³-hybridized carbons (Fsp3) is 0.333. The summed E-state index contributed by atoms with van der Waals surface area (Å²) in [6.45, 7) is 3.07. The van der Waals surface area contributed by atoms with Crippen molar-refractivity contribution in [2.75, 3.05) is 5.75 Å². The minimum Gasteiger partial charge on any atom is -0.298 e.